The summed E-state index contributed by atoms with van der Waals surface area (Å²) in [5.41, 5.74) is 3.58. The quantitative estimate of drug-likeness (QED) is 0.526. The Morgan fingerprint density at radius 1 is 1.07 bits per heavy atom. The summed E-state index contributed by atoms with van der Waals surface area (Å²) in [6.45, 7) is 3.92. The van der Waals surface area contributed by atoms with E-state index in [1.165, 1.54) is 6.07 Å². The van der Waals surface area contributed by atoms with Crippen LogP contribution in [0.25, 0.3) is 28.7 Å². The molecule has 0 radical (unpaired) electrons. The third kappa shape index (κ3) is 3.52. The van der Waals surface area contributed by atoms with Gasteiger partial charge in [-0.3, -0.25) is 14.3 Å². The predicted octanol–water partition coefficient (Wildman–Crippen LogP) is 4.93. The lowest BCUT2D eigenvalue weighted by Gasteiger charge is -2.16. The first-order valence-corrected chi connectivity index (χ1v) is 9.43. The van der Waals surface area contributed by atoms with Crippen LogP contribution in [0.2, 0.25) is 5.02 Å². The number of aromatic nitrogens is 3. The minimum absolute atomic E-state index is 0.0917. The van der Waals surface area contributed by atoms with Crippen molar-refractivity contribution in [1.82, 2.24) is 14.5 Å². The number of hydrogen-bond acceptors (Lipinski definition) is 4. The highest BCUT2D eigenvalue weighted by Gasteiger charge is 2.15. The van der Waals surface area contributed by atoms with Crippen LogP contribution in [0.3, 0.4) is 0 Å². The van der Waals surface area contributed by atoms with Crippen molar-refractivity contribution in [1.29, 1.82) is 0 Å². The zero-order valence-corrected chi connectivity index (χ0v) is 16.7. The Balaban J connectivity index is 2.01. The fourth-order valence-electron chi connectivity index (χ4n) is 3.36. The number of halogens is 1. The van der Waals surface area contributed by atoms with E-state index >= 15 is 0 Å². The Labute approximate surface area is 172 Å². The van der Waals surface area contributed by atoms with Crippen LogP contribution < -0.4 is 5.56 Å². The lowest BCUT2D eigenvalue weighted by Crippen LogP contribution is -2.24. The minimum atomic E-state index is -0.176. The van der Waals surface area contributed by atoms with Crippen LogP contribution in [0.4, 0.5) is 0 Å². The summed E-state index contributed by atoms with van der Waals surface area (Å²) in [6, 6.07) is 12.3. The molecule has 0 atom stereocenters. The second kappa shape index (κ2) is 7.53. The molecule has 4 aromatic rings. The first-order chi connectivity index (χ1) is 14.0. The third-order valence-electron chi connectivity index (χ3n) is 4.76. The number of para-hydroxylation sites is 1. The summed E-state index contributed by atoms with van der Waals surface area (Å²) < 4.78 is 1.60. The van der Waals surface area contributed by atoms with E-state index in [0.29, 0.717) is 27.3 Å². The van der Waals surface area contributed by atoms with Crippen molar-refractivity contribution in [3.05, 3.63) is 92.7 Å². The van der Waals surface area contributed by atoms with E-state index in [9.17, 15) is 9.90 Å². The van der Waals surface area contributed by atoms with E-state index in [2.05, 4.69) is 9.97 Å². The van der Waals surface area contributed by atoms with Crippen molar-refractivity contribution < 1.29 is 5.11 Å². The monoisotopic (exact) mass is 403 g/mol. The van der Waals surface area contributed by atoms with Gasteiger partial charge in [-0.2, -0.15) is 0 Å². The maximum absolute atomic E-state index is 13.4. The number of nitrogens with zero attached hydrogens (tertiary/aromatic N) is 3. The number of aryl methyl sites for hydroxylation is 2. The molecule has 0 saturated heterocycles. The van der Waals surface area contributed by atoms with E-state index in [4.69, 9.17) is 11.6 Å². The SMILES string of the molecule is Cc1cccc(C)c1-n1c(/C=C/c2cc(Cl)ccc2O)nc2cnccc2c1=O. The van der Waals surface area contributed by atoms with Crippen LogP contribution in [0.15, 0.2) is 59.7 Å². The molecule has 2 heterocycles. The molecule has 4 rings (SSSR count). The fraction of sp³-hybridized carbons (Fsp3) is 0.0870. The van der Waals surface area contributed by atoms with E-state index in [-0.39, 0.29) is 11.3 Å². The fourth-order valence-corrected chi connectivity index (χ4v) is 3.54. The second-order valence-corrected chi connectivity index (χ2v) is 7.22. The first-order valence-electron chi connectivity index (χ1n) is 9.05. The summed E-state index contributed by atoms with van der Waals surface area (Å²) in [4.78, 5) is 22.1. The number of phenols is 1. The van der Waals surface area contributed by atoms with Gasteiger partial charge in [0.2, 0.25) is 0 Å². The molecule has 0 spiro atoms. The van der Waals surface area contributed by atoms with Crippen LogP contribution in [0.1, 0.15) is 22.5 Å². The summed E-state index contributed by atoms with van der Waals surface area (Å²) in [5.74, 6) is 0.529. The van der Waals surface area contributed by atoms with Gasteiger partial charge < -0.3 is 5.11 Å². The molecule has 29 heavy (non-hydrogen) atoms. The molecule has 144 valence electrons. The molecule has 0 amide bonds. The van der Waals surface area contributed by atoms with Gasteiger partial charge in [0, 0.05) is 16.8 Å². The molecule has 0 saturated carbocycles. The van der Waals surface area contributed by atoms with Crippen molar-refractivity contribution in [2.24, 2.45) is 0 Å². The van der Waals surface area contributed by atoms with Gasteiger partial charge in [0.05, 0.1) is 22.8 Å². The normalized spacial score (nSPS) is 11.4. The molecule has 5 nitrogen and oxygen atoms in total. The second-order valence-electron chi connectivity index (χ2n) is 6.78. The average Bonchev–Trinajstić information content (AvgIpc) is 2.70. The molecular weight excluding hydrogens is 386 g/mol. The highest BCUT2D eigenvalue weighted by molar-refractivity contribution is 6.30. The van der Waals surface area contributed by atoms with Gasteiger partial charge in [-0.15, -0.1) is 0 Å². The van der Waals surface area contributed by atoms with Gasteiger partial charge in [0.15, 0.2) is 0 Å². The van der Waals surface area contributed by atoms with Crippen LogP contribution in [0.5, 0.6) is 5.75 Å². The Morgan fingerprint density at radius 2 is 1.83 bits per heavy atom. The maximum atomic E-state index is 13.4. The first kappa shape index (κ1) is 18.9. The number of hydrogen-bond donors (Lipinski definition) is 1. The van der Waals surface area contributed by atoms with Gasteiger partial charge in [0.1, 0.15) is 11.6 Å². The van der Waals surface area contributed by atoms with Crippen LogP contribution in [-0.4, -0.2) is 19.6 Å². The summed E-state index contributed by atoms with van der Waals surface area (Å²) in [5, 5.41) is 11.1. The molecule has 1 N–H and O–H groups in total. The van der Waals surface area contributed by atoms with Gasteiger partial charge in [-0.05, 0) is 61.4 Å². The molecule has 0 fully saturated rings. The highest BCUT2D eigenvalue weighted by atomic mass is 35.5. The predicted molar refractivity (Wildman–Crippen MR) is 117 cm³/mol. The van der Waals surface area contributed by atoms with Crippen LogP contribution >= 0.6 is 11.6 Å². The Kier molecular flexibility index (Phi) is 4.91. The zero-order chi connectivity index (χ0) is 20.5. The van der Waals surface area contributed by atoms with Crippen LogP contribution in [-0.2, 0) is 0 Å². The highest BCUT2D eigenvalue weighted by Crippen LogP contribution is 2.25. The van der Waals surface area contributed by atoms with Gasteiger partial charge >= 0.3 is 0 Å². The van der Waals surface area contributed by atoms with E-state index in [1.807, 2.05) is 32.0 Å². The standard InChI is InChI=1S/C23H18ClN3O2/c1-14-4-3-5-15(2)22(14)27-21(9-6-16-12-17(24)7-8-20(16)28)26-19-13-25-11-10-18(19)23(27)29/h3-13,28H,1-2H3/b9-6+. The topological polar surface area (TPSA) is 68.0 Å². The van der Waals surface area contributed by atoms with E-state index in [1.54, 1.807) is 47.3 Å². The number of pyridine rings is 1. The Morgan fingerprint density at radius 3 is 2.59 bits per heavy atom. The number of benzene rings is 2. The lowest BCUT2D eigenvalue weighted by molar-refractivity contribution is 0.474. The average molecular weight is 404 g/mol. The molecular formula is C23H18ClN3O2. The molecule has 0 aliphatic rings. The molecule has 2 aromatic heterocycles. The maximum Gasteiger partial charge on any atom is 0.266 e. The third-order valence-corrected chi connectivity index (χ3v) is 5.00. The van der Waals surface area contributed by atoms with Crippen molar-refractivity contribution in [3.8, 4) is 11.4 Å². The molecule has 0 aliphatic carbocycles. The Hall–Kier alpha value is -3.44. The molecule has 2 aromatic carbocycles. The summed E-state index contributed by atoms with van der Waals surface area (Å²) in [7, 11) is 0. The van der Waals surface area contributed by atoms with Crippen molar-refractivity contribution in [3.63, 3.8) is 0 Å². The molecule has 6 heteroatoms. The number of rotatable bonds is 3. The Bertz CT molecular complexity index is 1310. The van der Waals surface area contributed by atoms with Crippen LogP contribution in [0, 0.1) is 13.8 Å². The van der Waals surface area contributed by atoms with Crippen molar-refractivity contribution in [2.75, 3.05) is 0 Å². The molecule has 0 bridgehead atoms. The largest absolute Gasteiger partial charge is 0.507 e. The summed E-state index contributed by atoms with van der Waals surface area (Å²) in [6.07, 6.45) is 6.54. The molecule has 0 aliphatic heterocycles. The smallest absolute Gasteiger partial charge is 0.266 e. The number of aromatic hydroxyl groups is 1. The number of fused-ring (bicyclic) bond motifs is 1. The van der Waals surface area contributed by atoms with Gasteiger partial charge in [-0.1, -0.05) is 29.8 Å². The van der Waals surface area contributed by atoms with E-state index in [0.717, 1.165) is 16.8 Å². The number of phenolic OH excluding ortho intramolecular Hbond substituents is 1. The lowest BCUT2D eigenvalue weighted by atomic mass is 10.1. The zero-order valence-electron chi connectivity index (χ0n) is 15.9. The molecule has 0 unspecified atom stereocenters. The summed E-state index contributed by atoms with van der Waals surface area (Å²) >= 11 is 6.05. The minimum Gasteiger partial charge on any atom is -0.507 e. The van der Waals surface area contributed by atoms with E-state index < -0.39 is 0 Å². The van der Waals surface area contributed by atoms with Gasteiger partial charge in [0.25, 0.3) is 5.56 Å². The van der Waals surface area contributed by atoms with Crippen molar-refractivity contribution in [2.45, 2.75) is 13.8 Å². The van der Waals surface area contributed by atoms with Crippen molar-refractivity contribution >= 4 is 34.7 Å². The van der Waals surface area contributed by atoms with Gasteiger partial charge in [-0.25, -0.2) is 4.98 Å².